The molecule has 1 heterocycles. The van der Waals surface area contributed by atoms with E-state index in [1.54, 1.807) is 36.4 Å². The standard InChI is InChI=1S/C20H24FNO3S/c1-25-19-4-2-3-5-20(19)26(23,24)18-11-14-22(15-12-18)13-10-16-6-8-17(21)9-7-16/h2-9,18H,10-15H2,1H3. The van der Waals surface area contributed by atoms with Gasteiger partial charge in [0.05, 0.1) is 12.4 Å². The van der Waals surface area contributed by atoms with Gasteiger partial charge in [0.1, 0.15) is 16.5 Å². The van der Waals surface area contributed by atoms with Gasteiger partial charge in [-0.15, -0.1) is 0 Å². The summed E-state index contributed by atoms with van der Waals surface area (Å²) in [5.41, 5.74) is 1.09. The smallest absolute Gasteiger partial charge is 0.184 e. The fourth-order valence-corrected chi connectivity index (χ4v) is 5.31. The van der Waals surface area contributed by atoms with Crippen molar-refractivity contribution >= 4 is 9.84 Å². The number of nitrogens with zero attached hydrogens (tertiary/aromatic N) is 1. The molecule has 26 heavy (non-hydrogen) atoms. The normalized spacial score (nSPS) is 16.5. The zero-order chi connectivity index (χ0) is 18.6. The number of hydrogen-bond donors (Lipinski definition) is 0. The monoisotopic (exact) mass is 377 g/mol. The molecule has 0 N–H and O–H groups in total. The Morgan fingerprint density at radius 3 is 2.38 bits per heavy atom. The molecule has 0 saturated carbocycles. The molecule has 0 amide bonds. The van der Waals surface area contributed by atoms with Crippen molar-refractivity contribution in [2.45, 2.75) is 29.4 Å². The van der Waals surface area contributed by atoms with Crippen LogP contribution in [0.2, 0.25) is 0 Å². The third kappa shape index (κ3) is 4.24. The summed E-state index contributed by atoms with van der Waals surface area (Å²) < 4.78 is 44.1. The fraction of sp³-hybridized carbons (Fsp3) is 0.400. The molecule has 1 fully saturated rings. The first-order valence-corrected chi connectivity index (χ1v) is 10.4. The lowest BCUT2D eigenvalue weighted by Crippen LogP contribution is -2.40. The highest BCUT2D eigenvalue weighted by Crippen LogP contribution is 2.30. The number of likely N-dealkylation sites (tertiary alicyclic amines) is 1. The lowest BCUT2D eigenvalue weighted by molar-refractivity contribution is 0.232. The minimum atomic E-state index is -3.39. The van der Waals surface area contributed by atoms with Crippen LogP contribution in [0.3, 0.4) is 0 Å². The molecule has 4 nitrogen and oxygen atoms in total. The van der Waals surface area contributed by atoms with Crippen LogP contribution in [-0.2, 0) is 16.3 Å². The van der Waals surface area contributed by atoms with Gasteiger partial charge in [-0.2, -0.15) is 0 Å². The van der Waals surface area contributed by atoms with Crippen molar-refractivity contribution in [3.8, 4) is 5.75 Å². The second-order valence-corrected chi connectivity index (χ2v) is 8.81. The topological polar surface area (TPSA) is 46.6 Å². The predicted molar refractivity (Wildman–Crippen MR) is 99.7 cm³/mol. The van der Waals surface area contributed by atoms with Crippen LogP contribution in [0.1, 0.15) is 18.4 Å². The van der Waals surface area contributed by atoms with Gasteiger partial charge in [0.15, 0.2) is 9.84 Å². The molecule has 0 aromatic heterocycles. The minimum Gasteiger partial charge on any atom is -0.495 e. The first-order chi connectivity index (χ1) is 12.5. The molecular formula is C20H24FNO3S. The van der Waals surface area contributed by atoms with Crippen LogP contribution in [0.5, 0.6) is 5.75 Å². The van der Waals surface area contributed by atoms with Crippen molar-refractivity contribution in [3.63, 3.8) is 0 Å². The maximum Gasteiger partial charge on any atom is 0.184 e. The molecule has 0 spiro atoms. The van der Waals surface area contributed by atoms with Gasteiger partial charge in [0, 0.05) is 6.54 Å². The van der Waals surface area contributed by atoms with Crippen molar-refractivity contribution in [1.29, 1.82) is 0 Å². The molecule has 1 aliphatic heterocycles. The van der Waals surface area contributed by atoms with Gasteiger partial charge in [-0.1, -0.05) is 24.3 Å². The Balaban J connectivity index is 1.58. The van der Waals surface area contributed by atoms with E-state index in [1.165, 1.54) is 19.2 Å². The third-order valence-corrected chi connectivity index (χ3v) is 7.28. The molecule has 3 rings (SSSR count). The number of piperidine rings is 1. The van der Waals surface area contributed by atoms with E-state index in [4.69, 9.17) is 4.74 Å². The lowest BCUT2D eigenvalue weighted by Gasteiger charge is -2.31. The predicted octanol–water partition coefficient (Wildman–Crippen LogP) is 3.32. The number of halogens is 1. The zero-order valence-electron chi connectivity index (χ0n) is 14.9. The minimum absolute atomic E-state index is 0.226. The highest BCUT2D eigenvalue weighted by molar-refractivity contribution is 7.92. The van der Waals surface area contributed by atoms with E-state index in [-0.39, 0.29) is 16.0 Å². The molecule has 0 radical (unpaired) electrons. The van der Waals surface area contributed by atoms with Crippen LogP contribution in [0.25, 0.3) is 0 Å². The Bertz CT molecular complexity index is 828. The van der Waals surface area contributed by atoms with Crippen LogP contribution < -0.4 is 4.74 Å². The Kier molecular flexibility index (Phi) is 5.94. The number of methoxy groups -OCH3 is 1. The van der Waals surface area contributed by atoms with Crippen LogP contribution in [0.15, 0.2) is 53.4 Å². The van der Waals surface area contributed by atoms with Crippen LogP contribution in [-0.4, -0.2) is 45.3 Å². The van der Waals surface area contributed by atoms with Crippen molar-refractivity contribution in [1.82, 2.24) is 4.90 Å². The summed E-state index contributed by atoms with van der Waals surface area (Å²) >= 11 is 0. The van der Waals surface area contributed by atoms with Crippen LogP contribution in [0.4, 0.5) is 4.39 Å². The van der Waals surface area contributed by atoms with Crippen molar-refractivity contribution in [3.05, 3.63) is 59.9 Å². The van der Waals surface area contributed by atoms with Gasteiger partial charge in [-0.3, -0.25) is 0 Å². The first-order valence-electron chi connectivity index (χ1n) is 8.84. The summed E-state index contributed by atoms with van der Waals surface area (Å²) in [5, 5.41) is -0.374. The molecule has 0 aliphatic carbocycles. The summed E-state index contributed by atoms with van der Waals surface area (Å²) in [6.45, 7) is 2.35. The van der Waals surface area contributed by atoms with E-state index in [0.717, 1.165) is 31.6 Å². The molecular weight excluding hydrogens is 353 g/mol. The average Bonchev–Trinajstić information content (AvgIpc) is 2.68. The third-order valence-electron chi connectivity index (χ3n) is 4.98. The van der Waals surface area contributed by atoms with E-state index in [2.05, 4.69) is 4.90 Å². The van der Waals surface area contributed by atoms with Crippen LogP contribution >= 0.6 is 0 Å². The van der Waals surface area contributed by atoms with Crippen molar-refractivity contribution < 1.29 is 17.5 Å². The van der Waals surface area contributed by atoms with Crippen LogP contribution in [0, 0.1) is 5.82 Å². The summed E-state index contributed by atoms with van der Waals surface area (Å²) in [7, 11) is -1.90. The van der Waals surface area contributed by atoms with E-state index in [0.29, 0.717) is 18.6 Å². The van der Waals surface area contributed by atoms with Gasteiger partial charge >= 0.3 is 0 Å². The molecule has 0 bridgehead atoms. The van der Waals surface area contributed by atoms with Gasteiger partial charge in [0.2, 0.25) is 0 Å². The van der Waals surface area contributed by atoms with Gasteiger partial charge in [0.25, 0.3) is 0 Å². The van der Waals surface area contributed by atoms with Gasteiger partial charge in [-0.05, 0) is 62.2 Å². The molecule has 140 valence electrons. The Morgan fingerprint density at radius 2 is 1.73 bits per heavy atom. The fourth-order valence-electron chi connectivity index (χ4n) is 3.41. The van der Waals surface area contributed by atoms with E-state index in [9.17, 15) is 12.8 Å². The Hall–Kier alpha value is -1.92. The van der Waals surface area contributed by atoms with Gasteiger partial charge < -0.3 is 9.64 Å². The number of sulfone groups is 1. The van der Waals surface area contributed by atoms with Gasteiger partial charge in [-0.25, -0.2) is 12.8 Å². The maximum atomic E-state index is 13.0. The Labute approximate surface area is 154 Å². The number of rotatable bonds is 6. The van der Waals surface area contributed by atoms with E-state index in [1.807, 2.05) is 0 Å². The Morgan fingerprint density at radius 1 is 1.08 bits per heavy atom. The second-order valence-electron chi connectivity index (χ2n) is 6.61. The summed E-state index contributed by atoms with van der Waals surface area (Å²) in [6.07, 6.45) is 2.07. The molecule has 2 aromatic rings. The summed E-state index contributed by atoms with van der Waals surface area (Å²) in [5.74, 6) is 0.183. The van der Waals surface area contributed by atoms with E-state index >= 15 is 0 Å². The van der Waals surface area contributed by atoms with E-state index < -0.39 is 9.84 Å². The van der Waals surface area contributed by atoms with Crippen molar-refractivity contribution in [2.24, 2.45) is 0 Å². The summed E-state index contributed by atoms with van der Waals surface area (Å²) in [4.78, 5) is 2.56. The maximum absolute atomic E-state index is 13.0. The molecule has 6 heteroatoms. The summed E-state index contributed by atoms with van der Waals surface area (Å²) in [6, 6.07) is 13.4. The SMILES string of the molecule is COc1ccccc1S(=O)(=O)C1CCN(CCc2ccc(F)cc2)CC1. The number of benzene rings is 2. The highest BCUT2D eigenvalue weighted by atomic mass is 32.2. The van der Waals surface area contributed by atoms with Crippen molar-refractivity contribution in [2.75, 3.05) is 26.7 Å². The number of ether oxygens (including phenoxy) is 1. The molecule has 0 atom stereocenters. The quantitative estimate of drug-likeness (QED) is 0.775. The molecule has 1 aliphatic rings. The number of hydrogen-bond acceptors (Lipinski definition) is 4. The lowest BCUT2D eigenvalue weighted by atomic mass is 10.1. The zero-order valence-corrected chi connectivity index (χ0v) is 15.7. The molecule has 2 aromatic carbocycles. The molecule has 1 saturated heterocycles. The molecule has 0 unspecified atom stereocenters. The highest BCUT2D eigenvalue weighted by Gasteiger charge is 2.32. The largest absolute Gasteiger partial charge is 0.495 e. The average molecular weight is 377 g/mol. The first kappa shape index (κ1) is 18.9. The second kappa shape index (κ2) is 8.18. The number of para-hydroxylation sites is 1.